The maximum Gasteiger partial charge on any atom is 0.162 e. The number of aliphatic hydroxyl groups is 2. The van der Waals surface area contributed by atoms with Crippen LogP contribution in [0, 0.1) is 23.7 Å². The van der Waals surface area contributed by atoms with Crippen molar-refractivity contribution in [1.82, 2.24) is 0 Å². The Labute approximate surface area is 96.6 Å². The van der Waals surface area contributed by atoms with Gasteiger partial charge in [-0.2, -0.15) is 0 Å². The van der Waals surface area contributed by atoms with Crippen molar-refractivity contribution in [3.63, 3.8) is 0 Å². The molecular formula is C12H22O4. The van der Waals surface area contributed by atoms with E-state index in [0.717, 1.165) is 6.42 Å². The second-order valence-corrected chi connectivity index (χ2v) is 5.47. The first-order valence-electron chi connectivity index (χ1n) is 6.07. The van der Waals surface area contributed by atoms with Crippen molar-refractivity contribution in [1.29, 1.82) is 0 Å². The lowest BCUT2D eigenvalue weighted by Crippen LogP contribution is -2.28. The van der Waals surface area contributed by atoms with Gasteiger partial charge >= 0.3 is 0 Å². The molecule has 2 fully saturated rings. The third-order valence-corrected chi connectivity index (χ3v) is 4.08. The summed E-state index contributed by atoms with van der Waals surface area (Å²) >= 11 is 0. The minimum atomic E-state index is -0.537. The average Bonchev–Trinajstić information content (AvgIpc) is 2.52. The van der Waals surface area contributed by atoms with Gasteiger partial charge < -0.3 is 19.7 Å². The molecule has 4 heteroatoms. The van der Waals surface area contributed by atoms with Crippen LogP contribution in [0.2, 0.25) is 0 Å². The Hall–Kier alpha value is -0.160. The Morgan fingerprint density at radius 3 is 1.81 bits per heavy atom. The Kier molecular flexibility index (Phi) is 3.54. The smallest absolute Gasteiger partial charge is 0.162 e. The lowest BCUT2D eigenvalue weighted by atomic mass is 9.88. The summed E-state index contributed by atoms with van der Waals surface area (Å²) in [6.45, 7) is 5.44. The Bertz CT molecular complexity index is 219. The van der Waals surface area contributed by atoms with Crippen molar-refractivity contribution in [2.75, 3.05) is 26.4 Å². The molecule has 0 aromatic heterocycles. The van der Waals surface area contributed by atoms with E-state index in [0.29, 0.717) is 25.0 Å². The zero-order chi connectivity index (χ0) is 11.8. The molecule has 1 saturated heterocycles. The number of rotatable bonds is 2. The van der Waals surface area contributed by atoms with Gasteiger partial charge in [-0.15, -0.1) is 0 Å². The Morgan fingerprint density at radius 1 is 1.00 bits per heavy atom. The van der Waals surface area contributed by atoms with Crippen molar-refractivity contribution in [3.8, 4) is 0 Å². The lowest BCUT2D eigenvalue weighted by molar-refractivity contribution is -0.205. The van der Waals surface area contributed by atoms with Crippen LogP contribution in [0.4, 0.5) is 0 Å². The molecule has 2 rings (SSSR count). The highest BCUT2D eigenvalue weighted by molar-refractivity contribution is 4.92. The van der Waals surface area contributed by atoms with Crippen LogP contribution in [0.1, 0.15) is 20.3 Å². The number of fused-ring (bicyclic) bond motifs is 1. The molecule has 1 saturated carbocycles. The summed E-state index contributed by atoms with van der Waals surface area (Å²) in [5.74, 6) is 0.608. The van der Waals surface area contributed by atoms with Gasteiger partial charge in [-0.1, -0.05) is 0 Å². The minimum absolute atomic E-state index is 0.182. The molecule has 0 amide bonds. The minimum Gasteiger partial charge on any atom is -0.396 e. The number of hydrogen-bond acceptors (Lipinski definition) is 4. The normalized spacial score (nSPS) is 42.8. The van der Waals surface area contributed by atoms with E-state index < -0.39 is 5.79 Å². The van der Waals surface area contributed by atoms with Gasteiger partial charge in [0.2, 0.25) is 0 Å². The van der Waals surface area contributed by atoms with Gasteiger partial charge in [-0.25, -0.2) is 0 Å². The number of ether oxygens (including phenoxy) is 2. The van der Waals surface area contributed by atoms with Gasteiger partial charge in [-0.3, -0.25) is 0 Å². The highest BCUT2D eigenvalue weighted by Gasteiger charge is 2.45. The summed E-state index contributed by atoms with van der Waals surface area (Å²) in [7, 11) is 0. The van der Waals surface area contributed by atoms with Crippen LogP contribution in [0.5, 0.6) is 0 Å². The van der Waals surface area contributed by atoms with Gasteiger partial charge in [0, 0.05) is 13.2 Å². The van der Waals surface area contributed by atoms with Gasteiger partial charge in [-0.05, 0) is 43.9 Å². The van der Waals surface area contributed by atoms with E-state index in [4.69, 9.17) is 9.47 Å². The fourth-order valence-corrected chi connectivity index (χ4v) is 3.01. The van der Waals surface area contributed by atoms with Crippen LogP contribution in [0.25, 0.3) is 0 Å². The van der Waals surface area contributed by atoms with Crippen molar-refractivity contribution >= 4 is 0 Å². The van der Waals surface area contributed by atoms with E-state index in [2.05, 4.69) is 0 Å². The van der Waals surface area contributed by atoms with Crippen molar-refractivity contribution in [2.24, 2.45) is 23.7 Å². The number of aliphatic hydroxyl groups excluding tert-OH is 2. The summed E-state index contributed by atoms with van der Waals surface area (Å²) < 4.78 is 11.4. The van der Waals surface area contributed by atoms with Crippen LogP contribution in [0.15, 0.2) is 0 Å². The molecule has 1 unspecified atom stereocenters. The molecule has 1 aliphatic heterocycles. The second-order valence-electron chi connectivity index (χ2n) is 5.47. The first kappa shape index (κ1) is 12.3. The molecule has 0 spiro atoms. The topological polar surface area (TPSA) is 58.9 Å². The number of hydrogen-bond donors (Lipinski definition) is 2. The largest absolute Gasteiger partial charge is 0.396 e. The van der Waals surface area contributed by atoms with Gasteiger partial charge in [0.1, 0.15) is 0 Å². The van der Waals surface area contributed by atoms with Crippen LogP contribution in [-0.2, 0) is 9.47 Å². The maximum absolute atomic E-state index is 9.36. The fraction of sp³-hybridized carbons (Fsp3) is 1.00. The average molecular weight is 230 g/mol. The van der Waals surface area contributed by atoms with E-state index in [-0.39, 0.29) is 25.0 Å². The first-order chi connectivity index (χ1) is 7.57. The van der Waals surface area contributed by atoms with E-state index >= 15 is 0 Å². The standard InChI is InChI=1S/C12H22O4/c1-12(2)15-6-10-8(4-13)3-9(5-14)11(10)7-16-12/h8-11,13-14H,3-7H2,1-2H3/t8-,9?,10+,11-/m1/s1. The fourth-order valence-electron chi connectivity index (χ4n) is 3.01. The third kappa shape index (κ3) is 2.25. The third-order valence-electron chi connectivity index (χ3n) is 4.08. The van der Waals surface area contributed by atoms with E-state index in [1.54, 1.807) is 0 Å². The molecular weight excluding hydrogens is 208 g/mol. The van der Waals surface area contributed by atoms with Crippen molar-refractivity contribution in [3.05, 3.63) is 0 Å². The van der Waals surface area contributed by atoms with Crippen LogP contribution in [0.3, 0.4) is 0 Å². The molecule has 94 valence electrons. The maximum atomic E-state index is 9.36. The molecule has 2 aliphatic rings. The van der Waals surface area contributed by atoms with Gasteiger partial charge in [0.15, 0.2) is 5.79 Å². The highest BCUT2D eigenvalue weighted by Crippen LogP contribution is 2.44. The zero-order valence-electron chi connectivity index (χ0n) is 10.1. The second kappa shape index (κ2) is 4.61. The summed E-state index contributed by atoms with van der Waals surface area (Å²) in [5, 5.41) is 18.7. The van der Waals surface area contributed by atoms with Crippen LogP contribution < -0.4 is 0 Å². The van der Waals surface area contributed by atoms with Crippen LogP contribution >= 0.6 is 0 Å². The quantitative estimate of drug-likeness (QED) is 0.730. The first-order valence-corrected chi connectivity index (χ1v) is 6.07. The van der Waals surface area contributed by atoms with Gasteiger partial charge in [0.25, 0.3) is 0 Å². The van der Waals surface area contributed by atoms with E-state index in [1.807, 2.05) is 13.8 Å². The highest BCUT2D eigenvalue weighted by atomic mass is 16.7. The molecule has 1 heterocycles. The molecule has 0 bridgehead atoms. The zero-order valence-corrected chi connectivity index (χ0v) is 10.1. The predicted octanol–water partition coefficient (Wildman–Crippen LogP) is 0.622. The summed E-state index contributed by atoms with van der Waals surface area (Å²) in [6, 6.07) is 0. The molecule has 0 aromatic rings. The summed E-state index contributed by atoms with van der Waals surface area (Å²) in [4.78, 5) is 0. The molecule has 0 aromatic carbocycles. The summed E-state index contributed by atoms with van der Waals surface area (Å²) in [5.41, 5.74) is 0. The predicted molar refractivity (Wildman–Crippen MR) is 58.7 cm³/mol. The molecule has 0 radical (unpaired) electrons. The van der Waals surface area contributed by atoms with Crippen LogP contribution in [-0.4, -0.2) is 42.4 Å². The molecule has 16 heavy (non-hydrogen) atoms. The lowest BCUT2D eigenvalue weighted by Gasteiger charge is -2.24. The molecule has 2 N–H and O–H groups in total. The van der Waals surface area contributed by atoms with E-state index in [1.165, 1.54) is 0 Å². The monoisotopic (exact) mass is 230 g/mol. The molecule has 1 aliphatic carbocycles. The molecule has 4 atom stereocenters. The summed E-state index contributed by atoms with van der Waals surface area (Å²) in [6.07, 6.45) is 0.884. The van der Waals surface area contributed by atoms with E-state index in [9.17, 15) is 10.2 Å². The van der Waals surface area contributed by atoms with Gasteiger partial charge in [0.05, 0.1) is 13.2 Å². The Morgan fingerprint density at radius 2 is 1.44 bits per heavy atom. The SMILES string of the molecule is CC1(C)OC[C@H]2[C@@H](CO)CC(CO)[C@H]2CO1. The van der Waals surface area contributed by atoms with Crippen molar-refractivity contribution < 1.29 is 19.7 Å². The van der Waals surface area contributed by atoms with Crippen molar-refractivity contribution in [2.45, 2.75) is 26.1 Å². The Balaban J connectivity index is 2.10. The molecule has 4 nitrogen and oxygen atoms in total.